The summed E-state index contributed by atoms with van der Waals surface area (Å²) in [5.41, 5.74) is 0.820. The van der Waals surface area contributed by atoms with Crippen molar-refractivity contribution in [2.45, 2.75) is 29.9 Å². The lowest BCUT2D eigenvalue weighted by molar-refractivity contribution is 0.0687. The lowest BCUT2D eigenvalue weighted by atomic mass is 9.83. The zero-order valence-corrected chi connectivity index (χ0v) is 11.3. The highest BCUT2D eigenvalue weighted by atomic mass is 32.2. The Balaban J connectivity index is 2.00. The molecule has 0 aliphatic heterocycles. The van der Waals surface area contributed by atoms with E-state index in [1.54, 1.807) is 0 Å². The number of rotatable bonds is 6. The van der Waals surface area contributed by atoms with Crippen molar-refractivity contribution in [2.24, 2.45) is 5.92 Å². The van der Waals surface area contributed by atoms with Crippen molar-refractivity contribution < 1.29 is 18.3 Å². The third kappa shape index (κ3) is 2.88. The van der Waals surface area contributed by atoms with Crippen LogP contribution in [0.25, 0.3) is 0 Å². The molecule has 0 atom stereocenters. The van der Waals surface area contributed by atoms with Gasteiger partial charge in [-0.15, -0.1) is 11.3 Å². The van der Waals surface area contributed by atoms with Crippen molar-refractivity contribution in [2.75, 3.05) is 6.54 Å². The molecule has 0 aromatic carbocycles. The molecule has 0 saturated heterocycles. The number of hydrogen-bond donors (Lipinski definition) is 2. The molecule has 2 N–H and O–H groups in total. The third-order valence-electron chi connectivity index (χ3n) is 3.05. The number of nitrogens with one attached hydrogen (secondary N) is 1. The molecule has 1 aliphatic rings. The van der Waals surface area contributed by atoms with Gasteiger partial charge in [0.25, 0.3) is 10.0 Å². The quantitative estimate of drug-likeness (QED) is 0.823. The summed E-state index contributed by atoms with van der Waals surface area (Å²) in [5.74, 6) is -0.719. The normalized spacial score (nSPS) is 16.4. The van der Waals surface area contributed by atoms with Gasteiger partial charge in [-0.3, -0.25) is 0 Å². The lowest BCUT2D eigenvalue weighted by Gasteiger charge is -2.24. The molecule has 1 aromatic heterocycles. The predicted molar refractivity (Wildman–Crippen MR) is 66.2 cm³/mol. The summed E-state index contributed by atoms with van der Waals surface area (Å²) < 4.78 is 26.0. The Kier molecular flexibility index (Phi) is 3.98. The van der Waals surface area contributed by atoms with Crippen LogP contribution in [0.2, 0.25) is 0 Å². The number of carbonyl (C=O) groups is 1. The van der Waals surface area contributed by atoms with Crippen molar-refractivity contribution in [1.29, 1.82) is 0 Å². The van der Waals surface area contributed by atoms with Crippen molar-refractivity contribution in [3.8, 4) is 0 Å². The van der Waals surface area contributed by atoms with Crippen LogP contribution in [0.4, 0.5) is 0 Å². The summed E-state index contributed by atoms with van der Waals surface area (Å²) in [5, 5.41) is 8.83. The third-order valence-corrected chi connectivity index (χ3v) is 5.88. The average molecular weight is 290 g/mol. The molecule has 0 bridgehead atoms. The maximum atomic E-state index is 11.9. The summed E-state index contributed by atoms with van der Waals surface area (Å²) >= 11 is 0.821. The standard InChI is InChI=1S/C10H14N2O4S2/c13-9(14)8-10(17-6-11-8)18(15,16)12-5-4-7-2-1-3-7/h6-7,12H,1-5H2,(H,13,14). The Morgan fingerprint density at radius 3 is 2.83 bits per heavy atom. The minimum Gasteiger partial charge on any atom is -0.476 e. The highest BCUT2D eigenvalue weighted by Gasteiger charge is 2.26. The Morgan fingerprint density at radius 1 is 1.56 bits per heavy atom. The van der Waals surface area contributed by atoms with Crippen LogP contribution >= 0.6 is 11.3 Å². The van der Waals surface area contributed by atoms with E-state index in [2.05, 4.69) is 9.71 Å². The van der Waals surface area contributed by atoms with Crippen molar-refractivity contribution in [1.82, 2.24) is 9.71 Å². The second-order valence-corrected chi connectivity index (χ2v) is 7.09. The van der Waals surface area contributed by atoms with Crippen molar-refractivity contribution in [3.05, 3.63) is 11.2 Å². The molecule has 1 saturated carbocycles. The fraction of sp³-hybridized carbons (Fsp3) is 0.600. The van der Waals surface area contributed by atoms with E-state index in [4.69, 9.17) is 5.11 Å². The molecule has 100 valence electrons. The van der Waals surface area contributed by atoms with Gasteiger partial charge in [0.15, 0.2) is 9.90 Å². The van der Waals surface area contributed by atoms with Crippen LogP contribution in [0.15, 0.2) is 9.72 Å². The topological polar surface area (TPSA) is 96.4 Å². The van der Waals surface area contributed by atoms with Gasteiger partial charge in [-0.25, -0.2) is 22.9 Å². The van der Waals surface area contributed by atoms with Gasteiger partial charge < -0.3 is 5.11 Å². The van der Waals surface area contributed by atoms with Gasteiger partial charge >= 0.3 is 5.97 Å². The monoisotopic (exact) mass is 290 g/mol. The molecule has 0 amide bonds. The smallest absolute Gasteiger partial charge is 0.356 e. The van der Waals surface area contributed by atoms with Crippen LogP contribution in [0.5, 0.6) is 0 Å². The number of thiazole rings is 1. The Bertz CT molecular complexity index is 534. The van der Waals surface area contributed by atoms with Crippen LogP contribution in [0, 0.1) is 5.92 Å². The first-order valence-corrected chi connectivity index (χ1v) is 8.03. The molecule has 0 spiro atoms. The minimum atomic E-state index is -3.75. The van der Waals surface area contributed by atoms with Crippen molar-refractivity contribution >= 4 is 27.3 Å². The number of nitrogens with zero attached hydrogens (tertiary/aromatic N) is 1. The van der Waals surface area contributed by atoms with Gasteiger partial charge in [-0.1, -0.05) is 19.3 Å². The number of sulfonamides is 1. The Hall–Kier alpha value is -0.990. The first-order chi connectivity index (χ1) is 8.50. The number of hydrogen-bond acceptors (Lipinski definition) is 5. The SMILES string of the molecule is O=C(O)c1ncsc1S(=O)(=O)NCCC1CCC1. The molecule has 6 nitrogen and oxygen atoms in total. The van der Waals surface area contributed by atoms with E-state index in [0.717, 1.165) is 30.6 Å². The van der Waals surface area contributed by atoms with Crippen LogP contribution < -0.4 is 4.72 Å². The molecule has 0 radical (unpaired) electrons. The van der Waals surface area contributed by atoms with Gasteiger partial charge in [0.1, 0.15) is 0 Å². The molecule has 2 rings (SSSR count). The molecule has 0 unspecified atom stereocenters. The number of carboxylic acid groups (broad SMARTS) is 1. The minimum absolute atomic E-state index is 0.219. The fourth-order valence-electron chi connectivity index (χ4n) is 1.81. The highest BCUT2D eigenvalue weighted by Crippen LogP contribution is 2.29. The van der Waals surface area contributed by atoms with Gasteiger partial charge in [0.05, 0.1) is 5.51 Å². The maximum absolute atomic E-state index is 11.9. The summed E-state index contributed by atoms with van der Waals surface area (Å²) in [7, 11) is -3.75. The lowest BCUT2D eigenvalue weighted by Crippen LogP contribution is -2.28. The summed E-state index contributed by atoms with van der Waals surface area (Å²) in [4.78, 5) is 14.4. The molecule has 18 heavy (non-hydrogen) atoms. The summed E-state index contributed by atoms with van der Waals surface area (Å²) in [6, 6.07) is 0. The second-order valence-electron chi connectivity index (χ2n) is 4.28. The van der Waals surface area contributed by atoms with E-state index in [-0.39, 0.29) is 4.21 Å². The van der Waals surface area contributed by atoms with Crippen molar-refractivity contribution in [3.63, 3.8) is 0 Å². The first kappa shape index (κ1) is 13.4. The summed E-state index contributed by atoms with van der Waals surface area (Å²) in [6.07, 6.45) is 4.33. The average Bonchev–Trinajstić information content (AvgIpc) is 2.71. The van der Waals surface area contributed by atoms with E-state index in [9.17, 15) is 13.2 Å². The first-order valence-electron chi connectivity index (χ1n) is 5.67. The van der Waals surface area contributed by atoms with E-state index in [0.29, 0.717) is 12.5 Å². The van der Waals surface area contributed by atoms with E-state index in [1.165, 1.54) is 11.9 Å². The maximum Gasteiger partial charge on any atom is 0.356 e. The van der Waals surface area contributed by atoms with E-state index >= 15 is 0 Å². The van der Waals surface area contributed by atoms with Gasteiger partial charge in [0.2, 0.25) is 0 Å². The molecule has 1 aliphatic carbocycles. The van der Waals surface area contributed by atoms with Crippen LogP contribution in [0.1, 0.15) is 36.2 Å². The largest absolute Gasteiger partial charge is 0.476 e. The molecular formula is C10H14N2O4S2. The second kappa shape index (κ2) is 5.33. The zero-order chi connectivity index (χ0) is 13.2. The summed E-state index contributed by atoms with van der Waals surface area (Å²) in [6.45, 7) is 0.351. The van der Waals surface area contributed by atoms with Gasteiger partial charge in [-0.2, -0.15) is 0 Å². The zero-order valence-electron chi connectivity index (χ0n) is 9.63. The highest BCUT2D eigenvalue weighted by molar-refractivity contribution is 7.91. The van der Waals surface area contributed by atoms with Gasteiger partial charge in [0, 0.05) is 6.54 Å². The predicted octanol–water partition coefficient (Wildman–Crippen LogP) is 1.31. The van der Waals surface area contributed by atoms with Gasteiger partial charge in [-0.05, 0) is 12.3 Å². The van der Waals surface area contributed by atoms with E-state index in [1.807, 2.05) is 0 Å². The van der Waals surface area contributed by atoms with E-state index < -0.39 is 21.7 Å². The molecule has 1 heterocycles. The Morgan fingerprint density at radius 2 is 2.28 bits per heavy atom. The molecule has 8 heteroatoms. The molecule has 1 aromatic rings. The van der Waals surface area contributed by atoms with Crippen LogP contribution in [0.3, 0.4) is 0 Å². The molecule has 1 fully saturated rings. The number of carboxylic acids is 1. The van der Waals surface area contributed by atoms with Crippen LogP contribution in [-0.2, 0) is 10.0 Å². The number of aromatic nitrogens is 1. The Labute approximate surface area is 109 Å². The molecular weight excluding hydrogens is 276 g/mol. The fourth-order valence-corrected chi connectivity index (χ4v) is 4.04. The van der Waals surface area contributed by atoms with Crippen LogP contribution in [-0.4, -0.2) is 31.0 Å². The number of aromatic carboxylic acids is 1.